The van der Waals surface area contributed by atoms with Gasteiger partial charge in [0.25, 0.3) is 0 Å². The van der Waals surface area contributed by atoms with Crippen molar-refractivity contribution in [3.05, 3.63) is 24.3 Å². The molecular formula is C16H28O5Si. The van der Waals surface area contributed by atoms with Crippen LogP contribution in [0.15, 0.2) is 24.3 Å². The Bertz CT molecular complexity index is 383. The van der Waals surface area contributed by atoms with Crippen LogP contribution in [0.2, 0.25) is 18.6 Å². The van der Waals surface area contributed by atoms with Crippen LogP contribution >= 0.6 is 0 Å². The van der Waals surface area contributed by atoms with Crippen LogP contribution in [0.1, 0.15) is 26.7 Å². The van der Waals surface area contributed by atoms with E-state index in [0.717, 1.165) is 24.9 Å². The Morgan fingerprint density at radius 2 is 1.27 bits per heavy atom. The molecule has 0 aromatic carbocycles. The van der Waals surface area contributed by atoms with Gasteiger partial charge >= 0.3 is 11.9 Å². The molecule has 0 aromatic rings. The highest BCUT2D eigenvalue weighted by atomic mass is 28.4. The molecule has 0 amide bonds. The maximum atomic E-state index is 11.3. The van der Waals surface area contributed by atoms with Crippen LogP contribution in [0.3, 0.4) is 0 Å². The molecule has 0 radical (unpaired) electrons. The number of hydrogen-bond acceptors (Lipinski definition) is 5. The highest BCUT2D eigenvalue weighted by Crippen LogP contribution is 2.20. The molecular weight excluding hydrogens is 300 g/mol. The van der Waals surface area contributed by atoms with Crippen LogP contribution in [0.25, 0.3) is 0 Å². The first-order valence-electron chi connectivity index (χ1n) is 7.42. The molecule has 0 unspecified atom stereocenters. The smallest absolute Gasteiger partial charge is 0.333 e. The maximum Gasteiger partial charge on any atom is 0.333 e. The van der Waals surface area contributed by atoms with E-state index in [1.54, 1.807) is 21.0 Å². The molecule has 0 atom stereocenters. The second-order valence-electron chi connectivity index (χ2n) is 5.69. The summed E-state index contributed by atoms with van der Waals surface area (Å²) in [5.41, 5.74) is 0.817. The zero-order valence-electron chi connectivity index (χ0n) is 14.2. The monoisotopic (exact) mass is 328 g/mol. The van der Waals surface area contributed by atoms with Gasteiger partial charge in [-0.3, -0.25) is 0 Å². The molecule has 0 spiro atoms. The Kier molecular flexibility index (Phi) is 9.68. The number of carbonyl (C=O) groups is 2. The molecule has 0 aliphatic carbocycles. The minimum absolute atomic E-state index is 0.354. The van der Waals surface area contributed by atoms with Crippen LogP contribution in [-0.4, -0.2) is 40.6 Å². The van der Waals surface area contributed by atoms with Crippen LogP contribution in [-0.2, 0) is 23.5 Å². The van der Waals surface area contributed by atoms with Crippen molar-refractivity contribution < 1.29 is 23.5 Å². The van der Waals surface area contributed by atoms with Crippen LogP contribution in [0.5, 0.6) is 0 Å². The van der Waals surface area contributed by atoms with E-state index in [-0.39, 0.29) is 11.9 Å². The Morgan fingerprint density at radius 3 is 1.55 bits per heavy atom. The highest BCUT2D eigenvalue weighted by Gasteiger charge is 2.27. The number of carbonyl (C=O) groups excluding carboxylic acids is 2. The minimum atomic E-state index is -1.85. The van der Waals surface area contributed by atoms with Crippen molar-refractivity contribution in [2.24, 2.45) is 0 Å². The van der Waals surface area contributed by atoms with Gasteiger partial charge in [-0.25, -0.2) is 9.59 Å². The highest BCUT2D eigenvalue weighted by molar-refractivity contribution is 6.72. The molecule has 0 saturated carbocycles. The van der Waals surface area contributed by atoms with Gasteiger partial charge in [0.15, 0.2) is 8.32 Å². The maximum absolute atomic E-state index is 11.3. The van der Waals surface area contributed by atoms with Gasteiger partial charge in [-0.1, -0.05) is 13.2 Å². The third kappa shape index (κ3) is 8.79. The molecule has 126 valence electrons. The Balaban J connectivity index is 3.98. The van der Waals surface area contributed by atoms with Crippen molar-refractivity contribution in [2.75, 3.05) is 20.3 Å². The van der Waals surface area contributed by atoms with Crippen molar-refractivity contribution >= 4 is 20.3 Å². The first-order chi connectivity index (χ1) is 10.2. The minimum Gasteiger partial charge on any atom is -0.462 e. The van der Waals surface area contributed by atoms with Crippen molar-refractivity contribution in [1.82, 2.24) is 0 Å². The zero-order valence-corrected chi connectivity index (χ0v) is 15.2. The van der Waals surface area contributed by atoms with E-state index >= 15 is 0 Å². The van der Waals surface area contributed by atoms with Crippen molar-refractivity contribution in [3.8, 4) is 0 Å². The fourth-order valence-electron chi connectivity index (χ4n) is 1.80. The second kappa shape index (κ2) is 10.3. The molecule has 0 aromatic heterocycles. The van der Waals surface area contributed by atoms with Gasteiger partial charge in [-0.05, 0) is 45.3 Å². The Labute approximate surface area is 134 Å². The number of esters is 2. The van der Waals surface area contributed by atoms with Crippen molar-refractivity contribution in [1.29, 1.82) is 0 Å². The van der Waals surface area contributed by atoms with E-state index in [2.05, 4.69) is 19.7 Å². The van der Waals surface area contributed by atoms with Gasteiger partial charge in [-0.2, -0.15) is 0 Å². The van der Waals surface area contributed by atoms with E-state index in [1.165, 1.54) is 0 Å². The average molecular weight is 328 g/mol. The van der Waals surface area contributed by atoms with E-state index in [0.29, 0.717) is 24.4 Å². The average Bonchev–Trinajstić information content (AvgIpc) is 2.47. The molecule has 0 heterocycles. The summed E-state index contributed by atoms with van der Waals surface area (Å²) in [7, 11) is -0.135. The lowest BCUT2D eigenvalue weighted by Gasteiger charge is -2.25. The van der Waals surface area contributed by atoms with Crippen LogP contribution < -0.4 is 0 Å². The quantitative estimate of drug-likeness (QED) is 0.252. The Morgan fingerprint density at radius 1 is 0.909 bits per heavy atom. The molecule has 0 aliphatic rings. The first-order valence-corrected chi connectivity index (χ1v) is 10.2. The zero-order chi connectivity index (χ0) is 17.2. The fourth-order valence-corrected chi connectivity index (χ4v) is 4.24. The number of rotatable bonds is 11. The normalized spacial score (nSPS) is 10.9. The largest absolute Gasteiger partial charge is 0.462 e. The second-order valence-corrected chi connectivity index (χ2v) is 10.0. The summed E-state index contributed by atoms with van der Waals surface area (Å²) in [6, 6.07) is 1.78. The predicted molar refractivity (Wildman–Crippen MR) is 89.0 cm³/mol. The van der Waals surface area contributed by atoms with Gasteiger partial charge in [-0.15, -0.1) is 0 Å². The lowest BCUT2D eigenvalue weighted by atomic mass is 10.4. The molecule has 0 rings (SSSR count). The topological polar surface area (TPSA) is 61.8 Å². The van der Waals surface area contributed by atoms with Gasteiger partial charge in [0.05, 0.1) is 13.2 Å². The molecule has 0 saturated heterocycles. The third-order valence-electron chi connectivity index (χ3n) is 3.36. The molecule has 0 fully saturated rings. The van der Waals surface area contributed by atoms with E-state index in [1.807, 2.05) is 0 Å². The summed E-state index contributed by atoms with van der Waals surface area (Å²) >= 11 is 0. The van der Waals surface area contributed by atoms with Crippen molar-refractivity contribution in [2.45, 2.75) is 45.3 Å². The van der Waals surface area contributed by atoms with Gasteiger partial charge in [0, 0.05) is 18.3 Å². The van der Waals surface area contributed by atoms with E-state index in [9.17, 15) is 9.59 Å². The summed E-state index contributed by atoms with van der Waals surface area (Å²) in [5.74, 6) is -0.708. The molecule has 0 N–H and O–H groups in total. The SMILES string of the molecule is C=C(C)C(=O)OCCC[Si](C)(CCCOC(=O)C(=C)C)OC. The lowest BCUT2D eigenvalue weighted by molar-refractivity contribution is -0.139. The predicted octanol–water partition coefficient (Wildman–Crippen LogP) is 3.23. The summed E-state index contributed by atoms with van der Waals surface area (Å²) in [4.78, 5) is 22.5. The van der Waals surface area contributed by atoms with E-state index < -0.39 is 8.32 Å². The van der Waals surface area contributed by atoms with Crippen molar-refractivity contribution in [3.63, 3.8) is 0 Å². The standard InChI is InChI=1S/C16H28O5Si/c1-13(2)15(17)20-9-7-11-22(6,19-5)12-8-10-21-16(18)14(3)4/h1,3,7-12H2,2,4-6H3. The van der Waals surface area contributed by atoms with Gasteiger partial charge in [0.1, 0.15) is 0 Å². The van der Waals surface area contributed by atoms with Crippen LogP contribution in [0.4, 0.5) is 0 Å². The number of hydrogen-bond donors (Lipinski definition) is 0. The molecule has 0 bridgehead atoms. The Hall–Kier alpha value is -1.40. The molecule has 6 heteroatoms. The van der Waals surface area contributed by atoms with Crippen LogP contribution in [0, 0.1) is 0 Å². The summed E-state index contributed by atoms with van der Waals surface area (Å²) in [5, 5.41) is 0. The molecule has 5 nitrogen and oxygen atoms in total. The van der Waals surface area contributed by atoms with Gasteiger partial charge in [0.2, 0.25) is 0 Å². The third-order valence-corrected chi connectivity index (χ3v) is 7.16. The summed E-state index contributed by atoms with van der Waals surface area (Å²) < 4.78 is 15.8. The molecule has 22 heavy (non-hydrogen) atoms. The lowest BCUT2D eigenvalue weighted by Crippen LogP contribution is -2.33. The van der Waals surface area contributed by atoms with E-state index in [4.69, 9.17) is 13.9 Å². The molecule has 0 aliphatic heterocycles. The first kappa shape index (κ1) is 20.6. The number of ether oxygens (including phenoxy) is 2. The summed E-state index contributed by atoms with van der Waals surface area (Å²) in [6.45, 7) is 13.2. The summed E-state index contributed by atoms with van der Waals surface area (Å²) in [6.07, 6.45) is 1.53. The fraction of sp³-hybridized carbons (Fsp3) is 0.625. The van der Waals surface area contributed by atoms with Gasteiger partial charge < -0.3 is 13.9 Å².